The van der Waals surface area contributed by atoms with Crippen molar-refractivity contribution in [1.29, 1.82) is 15.8 Å². The van der Waals surface area contributed by atoms with E-state index in [-0.39, 0.29) is 17.2 Å². The van der Waals surface area contributed by atoms with Gasteiger partial charge in [0.05, 0.1) is 30.5 Å². The molecular weight excluding hydrogens is 350 g/mol. The molecule has 2 aliphatic rings. The Morgan fingerprint density at radius 1 is 1.25 bits per heavy atom. The lowest BCUT2D eigenvalue weighted by Gasteiger charge is -2.45. The second-order valence-electron chi connectivity index (χ2n) is 7.18. The van der Waals surface area contributed by atoms with Gasteiger partial charge in [-0.25, -0.2) is 0 Å². The number of fused-ring (bicyclic) bond motifs is 1. The Bertz CT molecular complexity index is 942. The van der Waals surface area contributed by atoms with Crippen molar-refractivity contribution in [2.45, 2.75) is 19.3 Å². The van der Waals surface area contributed by atoms with Gasteiger partial charge < -0.3 is 10.5 Å². The predicted octanol–water partition coefficient (Wildman–Crippen LogP) is 2.83. The quantitative estimate of drug-likeness (QED) is 0.869. The van der Waals surface area contributed by atoms with Gasteiger partial charge >= 0.3 is 0 Å². The summed E-state index contributed by atoms with van der Waals surface area (Å²) >= 11 is 0. The van der Waals surface area contributed by atoms with Crippen LogP contribution in [0.5, 0.6) is 5.75 Å². The number of methoxy groups -OCH3 is 1. The maximum absolute atomic E-state index is 10.1. The molecule has 2 atom stereocenters. The summed E-state index contributed by atoms with van der Waals surface area (Å²) in [6.45, 7) is 4.41. The number of nitriles is 3. The zero-order valence-electron chi connectivity index (χ0n) is 16.1. The van der Waals surface area contributed by atoms with Crippen molar-refractivity contribution in [3.05, 3.63) is 52.7 Å². The van der Waals surface area contributed by atoms with Gasteiger partial charge in [-0.3, -0.25) is 4.90 Å². The lowest BCUT2D eigenvalue weighted by molar-refractivity contribution is 0.205. The molecule has 6 nitrogen and oxygen atoms in total. The molecule has 0 aromatic heterocycles. The van der Waals surface area contributed by atoms with Crippen LogP contribution in [0.3, 0.4) is 0 Å². The third-order valence-corrected chi connectivity index (χ3v) is 5.75. The van der Waals surface area contributed by atoms with Crippen molar-refractivity contribution in [2.75, 3.05) is 26.7 Å². The number of ether oxygens (including phenoxy) is 1. The number of para-hydroxylation sites is 1. The minimum Gasteiger partial charge on any atom is -0.496 e. The normalized spacial score (nSPS) is 23.6. The summed E-state index contributed by atoms with van der Waals surface area (Å²) in [5.74, 6) is -0.109. The van der Waals surface area contributed by atoms with E-state index in [1.807, 2.05) is 30.3 Å². The van der Waals surface area contributed by atoms with Crippen molar-refractivity contribution >= 4 is 0 Å². The molecule has 1 aromatic rings. The molecule has 0 unspecified atom stereocenters. The molecule has 142 valence electrons. The van der Waals surface area contributed by atoms with Gasteiger partial charge in [0.2, 0.25) is 0 Å². The number of hydrogen-bond donors (Lipinski definition) is 1. The van der Waals surface area contributed by atoms with Gasteiger partial charge in [-0.1, -0.05) is 31.2 Å². The number of rotatable bonds is 4. The average Bonchev–Trinajstić information content (AvgIpc) is 2.73. The molecule has 2 N–H and O–H groups in total. The van der Waals surface area contributed by atoms with Crippen molar-refractivity contribution in [3.8, 4) is 24.0 Å². The van der Waals surface area contributed by atoms with Crippen LogP contribution in [0.25, 0.3) is 0 Å². The van der Waals surface area contributed by atoms with Crippen LogP contribution in [0.4, 0.5) is 0 Å². The van der Waals surface area contributed by atoms with E-state index in [0.29, 0.717) is 12.3 Å². The molecule has 0 fully saturated rings. The average molecular weight is 373 g/mol. The minimum absolute atomic E-state index is 0.0438. The van der Waals surface area contributed by atoms with Gasteiger partial charge in [0.1, 0.15) is 11.8 Å². The first-order chi connectivity index (χ1) is 13.6. The van der Waals surface area contributed by atoms with Crippen molar-refractivity contribution < 1.29 is 4.74 Å². The summed E-state index contributed by atoms with van der Waals surface area (Å²) in [6.07, 6.45) is 3.02. The largest absolute Gasteiger partial charge is 0.496 e. The first-order valence-electron chi connectivity index (χ1n) is 9.36. The molecule has 1 aliphatic heterocycles. The topological polar surface area (TPSA) is 110 Å². The summed E-state index contributed by atoms with van der Waals surface area (Å²) in [5.41, 5.74) is 6.62. The molecule has 3 rings (SSSR count). The third-order valence-electron chi connectivity index (χ3n) is 5.75. The Balaban J connectivity index is 2.31. The van der Waals surface area contributed by atoms with Gasteiger partial charge in [0, 0.05) is 30.5 Å². The summed E-state index contributed by atoms with van der Waals surface area (Å²) in [4.78, 5) is 2.28. The maximum atomic E-state index is 10.1. The Morgan fingerprint density at radius 2 is 1.96 bits per heavy atom. The molecular formula is C22H23N5O. The second kappa shape index (κ2) is 7.77. The van der Waals surface area contributed by atoms with Crippen LogP contribution in [0.2, 0.25) is 0 Å². The van der Waals surface area contributed by atoms with E-state index in [1.165, 1.54) is 0 Å². The maximum Gasteiger partial charge on any atom is 0.191 e. The first-order valence-corrected chi connectivity index (χ1v) is 9.36. The van der Waals surface area contributed by atoms with Crippen LogP contribution < -0.4 is 10.5 Å². The first kappa shape index (κ1) is 19.5. The Labute approximate surface area is 165 Å². The smallest absolute Gasteiger partial charge is 0.191 e. The predicted molar refractivity (Wildman–Crippen MR) is 105 cm³/mol. The fourth-order valence-corrected chi connectivity index (χ4v) is 4.51. The van der Waals surface area contributed by atoms with Gasteiger partial charge in [0.15, 0.2) is 5.41 Å². The lowest BCUT2D eigenvalue weighted by Crippen LogP contribution is -2.48. The van der Waals surface area contributed by atoms with Crippen LogP contribution in [0, 0.1) is 45.3 Å². The van der Waals surface area contributed by atoms with Gasteiger partial charge in [-0.05, 0) is 24.6 Å². The number of hydrogen-bond acceptors (Lipinski definition) is 6. The second-order valence-corrected chi connectivity index (χ2v) is 7.18. The van der Waals surface area contributed by atoms with Gasteiger partial charge in [-0.15, -0.1) is 0 Å². The number of nitrogens with two attached hydrogens (primary N) is 1. The van der Waals surface area contributed by atoms with Crippen molar-refractivity contribution in [2.24, 2.45) is 17.1 Å². The zero-order chi connectivity index (χ0) is 20.3. The van der Waals surface area contributed by atoms with Crippen LogP contribution in [-0.2, 0) is 0 Å². The Hall–Kier alpha value is -3.27. The minimum atomic E-state index is -1.63. The third kappa shape index (κ3) is 2.82. The molecule has 0 spiro atoms. The summed E-state index contributed by atoms with van der Waals surface area (Å²) in [6, 6.07) is 13.9. The highest BCUT2D eigenvalue weighted by Gasteiger charge is 2.55. The molecule has 0 bridgehead atoms. The van der Waals surface area contributed by atoms with Crippen LogP contribution in [-0.4, -0.2) is 31.6 Å². The Kier molecular flexibility index (Phi) is 5.41. The highest BCUT2D eigenvalue weighted by atomic mass is 16.5. The molecule has 1 aliphatic carbocycles. The number of nitrogens with zero attached hydrogens (tertiary/aromatic N) is 4. The molecule has 1 heterocycles. The fraction of sp³-hybridized carbons (Fsp3) is 0.409. The molecule has 1 aromatic carbocycles. The standard InChI is InChI=1S/C22H23N5O/c1-3-9-27-10-8-15-17(11-23)21(26)22(13-24,14-25)20(18(15)12-27)16-6-4-5-7-19(16)28-2/h4-8,18,20H,3,9-10,12,26H2,1-2H3/t18-,20+/m0/s1. The van der Waals surface area contributed by atoms with E-state index in [4.69, 9.17) is 10.5 Å². The van der Waals surface area contributed by atoms with E-state index in [2.05, 4.69) is 30.0 Å². The zero-order valence-corrected chi connectivity index (χ0v) is 16.1. The lowest BCUT2D eigenvalue weighted by atomic mass is 9.58. The molecule has 6 heteroatoms. The van der Waals surface area contributed by atoms with E-state index in [1.54, 1.807) is 7.11 Å². The molecule has 0 radical (unpaired) electrons. The van der Waals surface area contributed by atoms with Crippen LogP contribution >= 0.6 is 0 Å². The highest BCUT2D eigenvalue weighted by molar-refractivity contribution is 5.60. The summed E-state index contributed by atoms with van der Waals surface area (Å²) in [5, 5.41) is 30.0. The number of allylic oxidation sites excluding steroid dienone is 2. The number of benzene rings is 1. The van der Waals surface area contributed by atoms with E-state index in [9.17, 15) is 15.8 Å². The molecule has 0 saturated heterocycles. The molecule has 0 amide bonds. The van der Waals surface area contributed by atoms with Gasteiger partial charge in [0.25, 0.3) is 0 Å². The van der Waals surface area contributed by atoms with E-state index >= 15 is 0 Å². The highest BCUT2D eigenvalue weighted by Crippen LogP contribution is 2.55. The molecule has 28 heavy (non-hydrogen) atoms. The monoisotopic (exact) mass is 373 g/mol. The molecule has 0 saturated carbocycles. The SMILES string of the molecule is CCCN1CC=C2C(C#N)=C(N)C(C#N)(C#N)[C@H](c3ccccc3OC)[C@H]2C1. The van der Waals surface area contributed by atoms with Crippen LogP contribution in [0.15, 0.2) is 47.2 Å². The van der Waals surface area contributed by atoms with E-state index in [0.717, 1.165) is 30.6 Å². The van der Waals surface area contributed by atoms with Crippen molar-refractivity contribution in [3.63, 3.8) is 0 Å². The summed E-state index contributed by atoms with van der Waals surface area (Å²) in [7, 11) is 1.57. The van der Waals surface area contributed by atoms with E-state index < -0.39 is 11.3 Å². The fourth-order valence-electron chi connectivity index (χ4n) is 4.51. The summed E-state index contributed by atoms with van der Waals surface area (Å²) < 4.78 is 5.55. The van der Waals surface area contributed by atoms with Gasteiger partial charge in [-0.2, -0.15) is 15.8 Å². The van der Waals surface area contributed by atoms with Crippen molar-refractivity contribution in [1.82, 2.24) is 4.90 Å². The van der Waals surface area contributed by atoms with Crippen LogP contribution in [0.1, 0.15) is 24.8 Å². The Morgan fingerprint density at radius 3 is 2.57 bits per heavy atom.